The summed E-state index contributed by atoms with van der Waals surface area (Å²) in [5.74, 6) is 2.19. The molecule has 0 aliphatic rings. The lowest BCUT2D eigenvalue weighted by molar-refractivity contribution is 0.375. The van der Waals surface area contributed by atoms with Gasteiger partial charge in [-0.2, -0.15) is 10.1 Å². The van der Waals surface area contributed by atoms with Crippen molar-refractivity contribution in [2.75, 3.05) is 0 Å². The van der Waals surface area contributed by atoms with Crippen LogP contribution in [0.5, 0.6) is 0 Å². The second-order valence-electron chi connectivity index (χ2n) is 5.79. The Morgan fingerprint density at radius 3 is 2.80 bits per heavy atom. The van der Waals surface area contributed by atoms with E-state index in [1.807, 2.05) is 40.7 Å². The van der Waals surface area contributed by atoms with Gasteiger partial charge in [-0.3, -0.25) is 0 Å². The van der Waals surface area contributed by atoms with Crippen LogP contribution in [0.3, 0.4) is 0 Å². The van der Waals surface area contributed by atoms with Gasteiger partial charge >= 0.3 is 0 Å². The monoisotopic (exact) mass is 334 g/mol. The van der Waals surface area contributed by atoms with E-state index in [0.29, 0.717) is 18.3 Å². The second-order valence-corrected chi connectivity index (χ2v) is 5.79. The van der Waals surface area contributed by atoms with E-state index in [2.05, 4.69) is 39.3 Å². The van der Waals surface area contributed by atoms with E-state index >= 15 is 0 Å². The average molecular weight is 334 g/mol. The molecule has 7 heteroatoms. The van der Waals surface area contributed by atoms with Crippen molar-refractivity contribution < 1.29 is 4.52 Å². The quantitative estimate of drug-likeness (QED) is 0.561. The minimum atomic E-state index is 0.527. The van der Waals surface area contributed by atoms with E-state index in [1.165, 1.54) is 0 Å². The third-order valence-electron chi connectivity index (χ3n) is 4.06. The normalized spacial score (nSPS) is 11.1. The van der Waals surface area contributed by atoms with Gasteiger partial charge in [0.05, 0.1) is 12.2 Å². The highest BCUT2D eigenvalue weighted by Crippen LogP contribution is 2.24. The molecule has 0 atom stereocenters. The fraction of sp³-hybridized carbons (Fsp3) is 0.222. The molecule has 0 saturated heterocycles. The minimum absolute atomic E-state index is 0.527. The number of hydrogen-bond acceptors (Lipinski definition) is 5. The molecular weight excluding hydrogens is 316 g/mol. The van der Waals surface area contributed by atoms with Crippen LogP contribution < -0.4 is 0 Å². The van der Waals surface area contributed by atoms with Gasteiger partial charge in [-0.15, -0.1) is 0 Å². The third-order valence-corrected chi connectivity index (χ3v) is 4.06. The highest BCUT2D eigenvalue weighted by atomic mass is 16.5. The molecule has 0 radical (unpaired) electrons. The molecule has 0 unspecified atom stereocenters. The Balaban J connectivity index is 1.65. The van der Waals surface area contributed by atoms with Crippen LogP contribution in [0.4, 0.5) is 0 Å². The number of hydrogen-bond donors (Lipinski definition) is 0. The summed E-state index contributed by atoms with van der Waals surface area (Å²) in [4.78, 5) is 8.89. The molecule has 0 bridgehead atoms. The van der Waals surface area contributed by atoms with Crippen molar-refractivity contribution >= 4 is 0 Å². The maximum Gasteiger partial charge on any atom is 0.226 e. The highest BCUT2D eigenvalue weighted by molar-refractivity contribution is 5.63. The first kappa shape index (κ1) is 15.3. The maximum absolute atomic E-state index is 5.18. The lowest BCUT2D eigenvalue weighted by atomic mass is 10.1. The molecular formula is C18H18N6O. The number of rotatable bonds is 5. The maximum atomic E-state index is 5.18. The van der Waals surface area contributed by atoms with E-state index in [-0.39, 0.29) is 0 Å². The lowest BCUT2D eigenvalue weighted by Gasteiger charge is -2.10. The summed E-state index contributed by atoms with van der Waals surface area (Å²) in [6, 6.07) is 8.12. The Morgan fingerprint density at radius 1 is 1.16 bits per heavy atom. The van der Waals surface area contributed by atoms with Crippen LogP contribution in [0.25, 0.3) is 17.1 Å². The van der Waals surface area contributed by atoms with Crippen molar-refractivity contribution in [1.82, 2.24) is 29.5 Å². The molecule has 0 spiro atoms. The van der Waals surface area contributed by atoms with Gasteiger partial charge in [-0.1, -0.05) is 12.1 Å². The lowest BCUT2D eigenvalue weighted by Crippen LogP contribution is -2.04. The average Bonchev–Trinajstić information content (AvgIpc) is 3.37. The van der Waals surface area contributed by atoms with E-state index in [4.69, 9.17) is 4.52 Å². The molecule has 25 heavy (non-hydrogen) atoms. The molecule has 3 aromatic heterocycles. The smallest absolute Gasteiger partial charge is 0.226 e. The molecule has 4 aromatic rings. The Hall–Kier alpha value is -3.22. The number of aromatic nitrogens is 6. The molecule has 0 fully saturated rings. The molecule has 0 aliphatic carbocycles. The van der Waals surface area contributed by atoms with Crippen molar-refractivity contribution in [3.05, 3.63) is 66.3 Å². The zero-order chi connectivity index (χ0) is 17.2. The van der Waals surface area contributed by atoms with Crippen LogP contribution in [0, 0.1) is 6.92 Å². The summed E-state index contributed by atoms with van der Waals surface area (Å²) >= 11 is 0. The molecule has 0 N–H and O–H groups in total. The van der Waals surface area contributed by atoms with Gasteiger partial charge in [-0.05, 0) is 36.8 Å². The van der Waals surface area contributed by atoms with Gasteiger partial charge in [0.1, 0.15) is 5.82 Å². The van der Waals surface area contributed by atoms with Gasteiger partial charge in [-0.25, -0.2) is 9.67 Å². The Labute approximate surface area is 144 Å². The van der Waals surface area contributed by atoms with E-state index in [0.717, 1.165) is 29.1 Å². The minimum Gasteiger partial charge on any atom is -0.339 e. The molecule has 1 aromatic carbocycles. The van der Waals surface area contributed by atoms with Crippen LogP contribution in [0.15, 0.2) is 53.6 Å². The van der Waals surface area contributed by atoms with Crippen molar-refractivity contribution in [3.8, 4) is 17.1 Å². The fourth-order valence-corrected chi connectivity index (χ4v) is 2.79. The summed E-state index contributed by atoms with van der Waals surface area (Å²) in [5, 5.41) is 8.29. The van der Waals surface area contributed by atoms with Crippen molar-refractivity contribution in [2.24, 2.45) is 0 Å². The summed E-state index contributed by atoms with van der Waals surface area (Å²) in [5.41, 5.74) is 3.22. The zero-order valence-corrected chi connectivity index (χ0v) is 14.1. The van der Waals surface area contributed by atoms with Crippen molar-refractivity contribution in [3.63, 3.8) is 0 Å². The first-order chi connectivity index (χ1) is 12.2. The molecule has 126 valence electrons. The van der Waals surface area contributed by atoms with Gasteiger partial charge in [0.15, 0.2) is 5.82 Å². The summed E-state index contributed by atoms with van der Waals surface area (Å²) in [6.45, 7) is 4.59. The molecule has 7 nitrogen and oxygen atoms in total. The Kier molecular flexibility index (Phi) is 3.89. The SMILES string of the molecule is CCc1nc(Cn2ccnc2-c2ccc(-n3cccn3)cc2C)no1. The first-order valence-electron chi connectivity index (χ1n) is 8.18. The Morgan fingerprint density at radius 2 is 2.08 bits per heavy atom. The van der Waals surface area contributed by atoms with Crippen LogP contribution >= 0.6 is 0 Å². The number of imidazole rings is 1. The van der Waals surface area contributed by atoms with E-state index in [1.54, 1.807) is 12.4 Å². The largest absolute Gasteiger partial charge is 0.339 e. The Bertz CT molecular complexity index is 983. The number of aryl methyl sites for hydroxylation is 2. The van der Waals surface area contributed by atoms with Gasteiger partial charge in [0.25, 0.3) is 0 Å². The molecule has 3 heterocycles. The van der Waals surface area contributed by atoms with Crippen LogP contribution in [0.2, 0.25) is 0 Å². The summed E-state index contributed by atoms with van der Waals surface area (Å²) < 4.78 is 9.05. The standard InChI is InChI=1S/C18H18N6O/c1-3-17-21-16(22-25-17)12-23-10-8-19-18(23)15-6-5-14(11-13(15)2)24-9-4-7-20-24/h4-11H,3,12H2,1-2H3. The van der Waals surface area contributed by atoms with Gasteiger partial charge in [0.2, 0.25) is 5.89 Å². The predicted octanol–water partition coefficient (Wildman–Crippen LogP) is 3.04. The zero-order valence-electron chi connectivity index (χ0n) is 14.1. The third kappa shape index (κ3) is 2.96. The van der Waals surface area contributed by atoms with Crippen LogP contribution in [0.1, 0.15) is 24.2 Å². The number of benzene rings is 1. The number of nitrogens with zero attached hydrogens (tertiary/aromatic N) is 6. The molecule has 0 saturated carbocycles. The van der Waals surface area contributed by atoms with Crippen molar-refractivity contribution in [1.29, 1.82) is 0 Å². The van der Waals surface area contributed by atoms with Crippen LogP contribution in [-0.2, 0) is 13.0 Å². The molecule has 4 rings (SSSR count). The summed E-state index contributed by atoms with van der Waals surface area (Å²) in [6.07, 6.45) is 8.15. The molecule has 0 amide bonds. The predicted molar refractivity (Wildman–Crippen MR) is 92.3 cm³/mol. The summed E-state index contributed by atoms with van der Waals surface area (Å²) in [7, 11) is 0. The fourth-order valence-electron chi connectivity index (χ4n) is 2.79. The van der Waals surface area contributed by atoms with Gasteiger partial charge in [0, 0.05) is 36.8 Å². The topological polar surface area (TPSA) is 74.6 Å². The highest BCUT2D eigenvalue weighted by Gasteiger charge is 2.13. The van der Waals surface area contributed by atoms with Crippen molar-refractivity contribution in [2.45, 2.75) is 26.8 Å². The van der Waals surface area contributed by atoms with E-state index < -0.39 is 0 Å². The van der Waals surface area contributed by atoms with E-state index in [9.17, 15) is 0 Å². The first-order valence-corrected chi connectivity index (χ1v) is 8.18. The second kappa shape index (κ2) is 6.35. The van der Waals surface area contributed by atoms with Crippen LogP contribution in [-0.4, -0.2) is 29.5 Å². The van der Waals surface area contributed by atoms with Gasteiger partial charge < -0.3 is 9.09 Å². The molecule has 0 aliphatic heterocycles.